The third-order valence-corrected chi connectivity index (χ3v) is 3.26. The summed E-state index contributed by atoms with van der Waals surface area (Å²) >= 11 is 0. The Morgan fingerprint density at radius 1 is 1.50 bits per heavy atom. The van der Waals surface area contributed by atoms with Crippen molar-refractivity contribution in [2.24, 2.45) is 16.8 Å². The van der Waals surface area contributed by atoms with Gasteiger partial charge in [-0.3, -0.25) is 0 Å². The first-order valence-corrected chi connectivity index (χ1v) is 5.91. The van der Waals surface area contributed by atoms with E-state index in [9.17, 15) is 0 Å². The summed E-state index contributed by atoms with van der Waals surface area (Å²) in [5.41, 5.74) is 6.20. The second-order valence-corrected chi connectivity index (χ2v) is 4.37. The molecule has 0 radical (unpaired) electrons. The van der Waals surface area contributed by atoms with Crippen LogP contribution in [0, 0.1) is 5.92 Å². The van der Waals surface area contributed by atoms with Crippen LogP contribution in [-0.2, 0) is 0 Å². The largest absolute Gasteiger partial charge is 0.409 e. The normalized spacial score (nSPS) is 18.1. The molecule has 1 aromatic heterocycles. The van der Waals surface area contributed by atoms with Gasteiger partial charge in [-0.25, -0.2) is 0 Å². The van der Waals surface area contributed by atoms with Gasteiger partial charge in [0.05, 0.1) is 11.8 Å². The zero-order valence-corrected chi connectivity index (χ0v) is 10.0. The predicted molar refractivity (Wildman–Crippen MR) is 66.6 cm³/mol. The Bertz CT molecular complexity index is 429. The third-order valence-electron chi connectivity index (χ3n) is 3.26. The van der Waals surface area contributed by atoms with Gasteiger partial charge >= 0.3 is 0 Å². The number of oxime groups is 1. The fourth-order valence-electron chi connectivity index (χ4n) is 2.14. The second kappa shape index (κ2) is 5.63. The summed E-state index contributed by atoms with van der Waals surface area (Å²) < 4.78 is 0. The summed E-state index contributed by atoms with van der Waals surface area (Å²) in [5.74, 6) is 1.01. The smallest absolute Gasteiger partial charge is 0.173 e. The maximum Gasteiger partial charge on any atom is 0.173 e. The van der Waals surface area contributed by atoms with Gasteiger partial charge in [-0.1, -0.05) is 5.16 Å². The average molecular weight is 251 g/mol. The Morgan fingerprint density at radius 2 is 2.22 bits per heavy atom. The summed E-state index contributed by atoms with van der Waals surface area (Å²) in [6.45, 7) is 1.80. The molecule has 18 heavy (non-hydrogen) atoms. The van der Waals surface area contributed by atoms with Gasteiger partial charge in [0, 0.05) is 19.7 Å². The Hall–Kier alpha value is -1.89. The van der Waals surface area contributed by atoms with Gasteiger partial charge in [-0.2, -0.15) is 5.10 Å². The van der Waals surface area contributed by atoms with Crippen LogP contribution in [0.4, 0.5) is 5.82 Å². The van der Waals surface area contributed by atoms with Gasteiger partial charge in [-0.15, -0.1) is 5.10 Å². The van der Waals surface area contributed by atoms with Crippen molar-refractivity contribution >= 4 is 11.7 Å². The van der Waals surface area contributed by atoms with Crippen LogP contribution in [-0.4, -0.2) is 46.0 Å². The van der Waals surface area contributed by atoms with E-state index < -0.39 is 0 Å². The highest BCUT2D eigenvalue weighted by molar-refractivity contribution is 6.01. The van der Waals surface area contributed by atoms with Gasteiger partial charge in [0.25, 0.3) is 0 Å². The molecule has 7 heteroatoms. The molecule has 0 aliphatic carbocycles. The van der Waals surface area contributed by atoms with E-state index >= 15 is 0 Å². The highest BCUT2D eigenvalue weighted by Crippen LogP contribution is 2.23. The quantitative estimate of drug-likeness (QED) is 0.297. The molecule has 7 nitrogen and oxygen atoms in total. The minimum absolute atomic E-state index is 0.0316. The first-order valence-electron chi connectivity index (χ1n) is 5.91. The zero-order chi connectivity index (χ0) is 13.0. The number of aliphatic hydroxyl groups excluding tert-OH is 1. The van der Waals surface area contributed by atoms with E-state index in [-0.39, 0.29) is 12.4 Å². The highest BCUT2D eigenvalue weighted by atomic mass is 16.4. The van der Waals surface area contributed by atoms with Crippen LogP contribution in [0.1, 0.15) is 18.4 Å². The van der Waals surface area contributed by atoms with Crippen molar-refractivity contribution in [3.8, 4) is 0 Å². The summed E-state index contributed by atoms with van der Waals surface area (Å²) in [4.78, 5) is 2.05. The number of aliphatic hydroxyl groups is 1. The van der Waals surface area contributed by atoms with Crippen molar-refractivity contribution in [3.05, 3.63) is 17.8 Å². The van der Waals surface area contributed by atoms with E-state index in [1.165, 1.54) is 6.20 Å². The maximum absolute atomic E-state index is 9.11. The second-order valence-electron chi connectivity index (χ2n) is 4.37. The molecule has 1 aromatic rings. The molecule has 2 rings (SSSR count). The molecule has 0 amide bonds. The van der Waals surface area contributed by atoms with E-state index in [0.29, 0.717) is 17.3 Å². The topological polar surface area (TPSA) is 108 Å². The first kappa shape index (κ1) is 12.6. The number of hydrogen-bond acceptors (Lipinski definition) is 6. The fraction of sp³-hybridized carbons (Fsp3) is 0.545. The number of rotatable bonds is 3. The van der Waals surface area contributed by atoms with Crippen molar-refractivity contribution < 1.29 is 10.3 Å². The Labute approximate surface area is 105 Å². The summed E-state index contributed by atoms with van der Waals surface area (Å²) in [5, 5.41) is 28.8. The zero-order valence-electron chi connectivity index (χ0n) is 10.0. The standard InChI is InChI=1S/C11H17N5O2/c12-10(15-18)9-1-4-13-14-11(9)16-5-2-8(7-17)3-6-16/h1,4,8,17-18H,2-3,5-7H2,(H2,12,15). The van der Waals surface area contributed by atoms with Gasteiger partial charge < -0.3 is 20.9 Å². The lowest BCUT2D eigenvalue weighted by Gasteiger charge is -2.32. The van der Waals surface area contributed by atoms with Gasteiger partial charge in [0.2, 0.25) is 0 Å². The van der Waals surface area contributed by atoms with Crippen molar-refractivity contribution in [1.29, 1.82) is 0 Å². The predicted octanol–water partition coefficient (Wildman–Crippen LogP) is -0.220. The number of aromatic nitrogens is 2. The van der Waals surface area contributed by atoms with E-state index in [4.69, 9.17) is 16.0 Å². The molecular formula is C11H17N5O2. The molecule has 4 N–H and O–H groups in total. The SMILES string of the molecule is N/C(=N/O)c1ccnnc1N1CCC(CO)CC1. The maximum atomic E-state index is 9.11. The van der Waals surface area contributed by atoms with Crippen LogP contribution >= 0.6 is 0 Å². The van der Waals surface area contributed by atoms with Crippen LogP contribution in [0.25, 0.3) is 0 Å². The van der Waals surface area contributed by atoms with E-state index in [1.54, 1.807) is 6.07 Å². The lowest BCUT2D eigenvalue weighted by atomic mass is 9.97. The average Bonchev–Trinajstić information content (AvgIpc) is 2.46. The van der Waals surface area contributed by atoms with Crippen LogP contribution in [0.3, 0.4) is 0 Å². The number of nitrogens with zero attached hydrogens (tertiary/aromatic N) is 4. The number of piperidine rings is 1. The van der Waals surface area contributed by atoms with E-state index in [2.05, 4.69) is 15.4 Å². The monoisotopic (exact) mass is 251 g/mol. The molecule has 98 valence electrons. The highest BCUT2D eigenvalue weighted by Gasteiger charge is 2.22. The Kier molecular flexibility index (Phi) is 3.93. The molecular weight excluding hydrogens is 234 g/mol. The van der Waals surface area contributed by atoms with E-state index in [1.807, 2.05) is 4.90 Å². The molecule has 0 saturated carbocycles. The van der Waals surface area contributed by atoms with Crippen molar-refractivity contribution in [2.75, 3.05) is 24.6 Å². The van der Waals surface area contributed by atoms with Crippen LogP contribution in [0.15, 0.2) is 17.4 Å². The summed E-state index contributed by atoms with van der Waals surface area (Å²) in [6, 6.07) is 1.68. The van der Waals surface area contributed by atoms with Gasteiger partial charge in [0.1, 0.15) is 0 Å². The molecule has 0 aromatic carbocycles. The molecule has 1 fully saturated rings. The lowest BCUT2D eigenvalue weighted by molar-refractivity contribution is 0.202. The van der Waals surface area contributed by atoms with Crippen LogP contribution in [0.5, 0.6) is 0 Å². The van der Waals surface area contributed by atoms with Gasteiger partial charge in [-0.05, 0) is 24.8 Å². The van der Waals surface area contributed by atoms with Crippen molar-refractivity contribution in [1.82, 2.24) is 10.2 Å². The minimum atomic E-state index is 0.0316. The molecule has 2 heterocycles. The van der Waals surface area contributed by atoms with Crippen molar-refractivity contribution in [3.63, 3.8) is 0 Å². The third kappa shape index (κ3) is 2.51. The lowest BCUT2D eigenvalue weighted by Crippen LogP contribution is -2.37. The molecule has 0 unspecified atom stereocenters. The minimum Gasteiger partial charge on any atom is -0.409 e. The molecule has 0 spiro atoms. The Morgan fingerprint density at radius 3 is 2.83 bits per heavy atom. The van der Waals surface area contributed by atoms with Crippen LogP contribution < -0.4 is 10.6 Å². The number of anilines is 1. The Balaban J connectivity index is 2.19. The summed E-state index contributed by atoms with van der Waals surface area (Å²) in [6.07, 6.45) is 3.32. The first-order chi connectivity index (χ1) is 8.76. The summed E-state index contributed by atoms with van der Waals surface area (Å²) in [7, 11) is 0. The molecule has 1 aliphatic heterocycles. The molecule has 1 aliphatic rings. The molecule has 1 saturated heterocycles. The van der Waals surface area contributed by atoms with Crippen molar-refractivity contribution in [2.45, 2.75) is 12.8 Å². The van der Waals surface area contributed by atoms with E-state index in [0.717, 1.165) is 25.9 Å². The number of nitrogens with two attached hydrogens (primary N) is 1. The van der Waals surface area contributed by atoms with Crippen LogP contribution in [0.2, 0.25) is 0 Å². The van der Waals surface area contributed by atoms with Gasteiger partial charge in [0.15, 0.2) is 11.7 Å². The molecule has 0 bridgehead atoms. The fourth-order valence-corrected chi connectivity index (χ4v) is 2.14. The number of hydrogen-bond donors (Lipinski definition) is 3. The number of amidine groups is 1. The molecule has 0 atom stereocenters.